The molecule has 7 nitrogen and oxygen atoms in total. The van der Waals surface area contributed by atoms with Gasteiger partial charge in [-0.15, -0.1) is 0 Å². The van der Waals surface area contributed by atoms with Crippen molar-refractivity contribution >= 4 is 17.4 Å². The second-order valence-electron chi connectivity index (χ2n) is 6.07. The van der Waals surface area contributed by atoms with Crippen molar-refractivity contribution in [1.82, 2.24) is 5.32 Å². The van der Waals surface area contributed by atoms with Gasteiger partial charge in [-0.3, -0.25) is 14.9 Å². The molecule has 1 aliphatic heterocycles. The van der Waals surface area contributed by atoms with Crippen molar-refractivity contribution in [3.8, 4) is 0 Å². The maximum Gasteiger partial charge on any atom is 0.336 e. The standard InChI is InChI=1S/C18H18N2O5/c1-10-15(18(22)25-2)16(11-6-3-4-8-13(11)20(23)24)17-12(19-10)7-5-9-14(17)21/h3-4,6,8,16,19H,5,7,9H2,1-2H3. The lowest BCUT2D eigenvalue weighted by Crippen LogP contribution is -2.34. The van der Waals surface area contributed by atoms with Gasteiger partial charge in [0.15, 0.2) is 5.78 Å². The first kappa shape index (κ1) is 16.9. The van der Waals surface area contributed by atoms with Gasteiger partial charge in [-0.05, 0) is 19.8 Å². The predicted octanol–water partition coefficient (Wildman–Crippen LogP) is 2.74. The van der Waals surface area contributed by atoms with Crippen LogP contribution in [0.25, 0.3) is 0 Å². The zero-order valence-corrected chi connectivity index (χ0v) is 14.0. The molecule has 0 bridgehead atoms. The van der Waals surface area contributed by atoms with E-state index >= 15 is 0 Å². The fraction of sp³-hybridized carbons (Fsp3) is 0.333. The van der Waals surface area contributed by atoms with Crippen LogP contribution in [0.5, 0.6) is 0 Å². The molecule has 0 spiro atoms. The van der Waals surface area contributed by atoms with Crippen LogP contribution in [0, 0.1) is 10.1 Å². The Bertz CT molecular complexity index is 838. The Morgan fingerprint density at radius 3 is 2.72 bits per heavy atom. The first-order valence-electron chi connectivity index (χ1n) is 8.01. The molecule has 1 N–H and O–H groups in total. The lowest BCUT2D eigenvalue weighted by Gasteiger charge is -2.33. The smallest absolute Gasteiger partial charge is 0.336 e. The number of carbonyl (C=O) groups is 2. The van der Waals surface area contributed by atoms with E-state index in [1.165, 1.54) is 13.2 Å². The van der Waals surface area contributed by atoms with E-state index in [-0.39, 0.29) is 17.0 Å². The SMILES string of the molecule is COC(=O)C1=C(C)NC2=C(C(=O)CCC2)C1c1ccccc1[N+](=O)[O-]. The number of benzene rings is 1. The first-order valence-corrected chi connectivity index (χ1v) is 8.01. The molecule has 0 radical (unpaired) electrons. The van der Waals surface area contributed by atoms with E-state index in [1.807, 2.05) is 0 Å². The Kier molecular flexibility index (Phi) is 4.39. The largest absolute Gasteiger partial charge is 0.466 e. The number of ether oxygens (including phenoxy) is 1. The van der Waals surface area contributed by atoms with Crippen molar-refractivity contribution < 1.29 is 19.2 Å². The van der Waals surface area contributed by atoms with Gasteiger partial charge in [-0.2, -0.15) is 0 Å². The van der Waals surface area contributed by atoms with Gasteiger partial charge in [0.25, 0.3) is 5.69 Å². The number of carbonyl (C=O) groups excluding carboxylic acids is 2. The average molecular weight is 342 g/mol. The molecule has 0 amide bonds. The second kappa shape index (κ2) is 6.51. The van der Waals surface area contributed by atoms with Gasteiger partial charge in [0.1, 0.15) is 0 Å². The molecular weight excluding hydrogens is 324 g/mol. The van der Waals surface area contributed by atoms with Crippen LogP contribution in [-0.4, -0.2) is 23.8 Å². The number of methoxy groups -OCH3 is 1. The van der Waals surface area contributed by atoms with Gasteiger partial charge in [0.05, 0.1) is 23.5 Å². The molecule has 1 aromatic carbocycles. The number of Topliss-reactive ketones (excluding diaryl/α,β-unsaturated/α-hetero) is 1. The molecule has 25 heavy (non-hydrogen) atoms. The third-order valence-electron chi connectivity index (χ3n) is 4.63. The van der Waals surface area contributed by atoms with Gasteiger partial charge in [-0.25, -0.2) is 4.79 Å². The minimum absolute atomic E-state index is 0.0918. The highest BCUT2D eigenvalue weighted by Crippen LogP contribution is 2.44. The van der Waals surface area contributed by atoms with Gasteiger partial charge < -0.3 is 10.1 Å². The van der Waals surface area contributed by atoms with Crippen molar-refractivity contribution in [3.63, 3.8) is 0 Å². The lowest BCUT2D eigenvalue weighted by atomic mass is 9.75. The quantitative estimate of drug-likeness (QED) is 0.515. The number of nitrogens with zero attached hydrogens (tertiary/aromatic N) is 1. The first-order chi connectivity index (χ1) is 12.0. The summed E-state index contributed by atoms with van der Waals surface area (Å²) in [7, 11) is 1.26. The fourth-order valence-electron chi connectivity index (χ4n) is 3.57. The van der Waals surface area contributed by atoms with Crippen molar-refractivity contribution in [2.45, 2.75) is 32.1 Å². The maximum absolute atomic E-state index is 12.6. The number of esters is 1. The van der Waals surface area contributed by atoms with E-state index in [0.29, 0.717) is 29.7 Å². The normalized spacial score (nSPS) is 20.1. The summed E-state index contributed by atoms with van der Waals surface area (Å²) >= 11 is 0. The molecule has 3 rings (SSSR count). The number of hydrogen-bond acceptors (Lipinski definition) is 6. The van der Waals surface area contributed by atoms with Crippen molar-refractivity contribution in [2.75, 3.05) is 7.11 Å². The van der Waals surface area contributed by atoms with Crippen molar-refractivity contribution in [3.05, 3.63) is 62.5 Å². The van der Waals surface area contributed by atoms with Crippen LogP contribution in [0.1, 0.15) is 37.7 Å². The van der Waals surface area contributed by atoms with E-state index in [0.717, 1.165) is 12.1 Å². The molecule has 1 aliphatic carbocycles. The molecule has 1 unspecified atom stereocenters. The molecule has 0 aromatic heterocycles. The van der Waals surface area contributed by atoms with Gasteiger partial charge in [0.2, 0.25) is 0 Å². The van der Waals surface area contributed by atoms with E-state index in [1.54, 1.807) is 25.1 Å². The second-order valence-corrected chi connectivity index (χ2v) is 6.07. The summed E-state index contributed by atoms with van der Waals surface area (Å²) in [5.41, 5.74) is 2.19. The number of allylic oxidation sites excluding steroid dienone is 3. The lowest BCUT2D eigenvalue weighted by molar-refractivity contribution is -0.385. The third-order valence-corrected chi connectivity index (χ3v) is 4.63. The summed E-state index contributed by atoms with van der Waals surface area (Å²) in [5.74, 6) is -1.48. The van der Waals surface area contributed by atoms with Gasteiger partial charge >= 0.3 is 5.97 Å². The molecule has 1 atom stereocenters. The van der Waals surface area contributed by atoms with Gasteiger partial charge in [-0.1, -0.05) is 18.2 Å². The minimum Gasteiger partial charge on any atom is -0.466 e. The number of dihydropyridines is 1. The average Bonchev–Trinajstić information content (AvgIpc) is 2.60. The van der Waals surface area contributed by atoms with Crippen LogP contribution < -0.4 is 5.32 Å². The Morgan fingerprint density at radius 1 is 1.32 bits per heavy atom. The van der Waals surface area contributed by atoms with Gasteiger partial charge in [0, 0.05) is 35.0 Å². The molecule has 0 saturated carbocycles. The molecule has 130 valence electrons. The van der Waals surface area contributed by atoms with Crippen LogP contribution in [0.4, 0.5) is 5.69 Å². The number of rotatable bonds is 3. The van der Waals surface area contributed by atoms with Crippen molar-refractivity contribution in [1.29, 1.82) is 0 Å². The monoisotopic (exact) mass is 342 g/mol. The zero-order chi connectivity index (χ0) is 18.1. The Morgan fingerprint density at radius 2 is 2.04 bits per heavy atom. The molecule has 0 fully saturated rings. The van der Waals surface area contributed by atoms with E-state index < -0.39 is 16.8 Å². The number of nitro groups is 1. The van der Waals surface area contributed by atoms with Crippen LogP contribution in [0.15, 0.2) is 46.8 Å². The Balaban J connectivity index is 2.28. The molecule has 7 heteroatoms. The minimum atomic E-state index is -0.793. The number of ketones is 1. The number of nitro benzene ring substituents is 1. The summed E-state index contributed by atoms with van der Waals surface area (Å²) in [5, 5.41) is 14.6. The summed E-state index contributed by atoms with van der Waals surface area (Å²) in [6.07, 6.45) is 1.75. The molecule has 0 saturated heterocycles. The summed E-state index contributed by atoms with van der Waals surface area (Å²) in [6.45, 7) is 1.72. The van der Waals surface area contributed by atoms with Crippen LogP contribution in [0.3, 0.4) is 0 Å². The maximum atomic E-state index is 12.6. The van der Waals surface area contributed by atoms with Crippen LogP contribution in [-0.2, 0) is 14.3 Å². The molecule has 2 aliphatic rings. The number of hydrogen-bond donors (Lipinski definition) is 1. The fourth-order valence-corrected chi connectivity index (χ4v) is 3.57. The summed E-state index contributed by atoms with van der Waals surface area (Å²) in [6, 6.07) is 6.21. The summed E-state index contributed by atoms with van der Waals surface area (Å²) < 4.78 is 4.89. The topological polar surface area (TPSA) is 98.5 Å². The Labute approximate surface area is 144 Å². The highest BCUT2D eigenvalue weighted by atomic mass is 16.6. The van der Waals surface area contributed by atoms with Crippen molar-refractivity contribution in [2.24, 2.45) is 0 Å². The predicted molar refractivity (Wildman–Crippen MR) is 89.6 cm³/mol. The van der Waals surface area contributed by atoms with E-state index in [9.17, 15) is 19.7 Å². The number of nitrogens with one attached hydrogen (secondary N) is 1. The molecular formula is C18H18N2O5. The van der Waals surface area contributed by atoms with Crippen LogP contribution in [0.2, 0.25) is 0 Å². The Hall–Kier alpha value is -2.96. The zero-order valence-electron chi connectivity index (χ0n) is 14.0. The molecule has 1 heterocycles. The number of para-hydroxylation sites is 1. The third kappa shape index (κ3) is 2.82. The van der Waals surface area contributed by atoms with E-state index in [2.05, 4.69) is 5.32 Å². The highest BCUT2D eigenvalue weighted by molar-refractivity contribution is 6.04. The van der Waals surface area contributed by atoms with E-state index in [4.69, 9.17) is 4.74 Å². The highest BCUT2D eigenvalue weighted by Gasteiger charge is 2.41. The molecule has 1 aromatic rings. The van der Waals surface area contributed by atoms with Crippen LogP contribution >= 0.6 is 0 Å². The summed E-state index contributed by atoms with van der Waals surface area (Å²) in [4.78, 5) is 36.0.